The first kappa shape index (κ1) is 13.7. The highest BCUT2D eigenvalue weighted by atomic mass is 19.1. The molecule has 0 fully saturated rings. The summed E-state index contributed by atoms with van der Waals surface area (Å²) in [7, 11) is 0. The van der Waals surface area contributed by atoms with E-state index in [1.807, 2.05) is 0 Å². The zero-order valence-corrected chi connectivity index (χ0v) is 10.9. The van der Waals surface area contributed by atoms with Crippen molar-refractivity contribution in [2.75, 3.05) is 6.54 Å². The molecule has 0 amide bonds. The van der Waals surface area contributed by atoms with Crippen LogP contribution >= 0.6 is 0 Å². The van der Waals surface area contributed by atoms with Crippen molar-refractivity contribution in [3.8, 4) is 11.3 Å². The summed E-state index contributed by atoms with van der Waals surface area (Å²) >= 11 is 0. The van der Waals surface area contributed by atoms with Crippen LogP contribution in [0.2, 0.25) is 0 Å². The van der Waals surface area contributed by atoms with E-state index in [1.54, 1.807) is 6.20 Å². The first-order valence-electron chi connectivity index (χ1n) is 6.17. The first-order chi connectivity index (χ1) is 9.08. The number of nitrogens with one attached hydrogen (secondary N) is 1. The van der Waals surface area contributed by atoms with E-state index in [2.05, 4.69) is 24.3 Å². The predicted molar refractivity (Wildman–Crippen MR) is 68.4 cm³/mol. The zero-order valence-electron chi connectivity index (χ0n) is 10.9. The van der Waals surface area contributed by atoms with E-state index in [0.717, 1.165) is 18.2 Å². The molecular formula is C14H16F2N2O. The van der Waals surface area contributed by atoms with Crippen LogP contribution in [0.3, 0.4) is 0 Å². The van der Waals surface area contributed by atoms with E-state index in [4.69, 9.17) is 4.52 Å². The number of halogens is 2. The van der Waals surface area contributed by atoms with Crippen molar-refractivity contribution in [2.24, 2.45) is 5.92 Å². The standard InChI is InChI=1S/C14H16F2N2O/c1-9(2)6-17-7-10-8-18-19-14(10)12-4-3-11(15)5-13(12)16/h3-5,8-9,17H,6-7H2,1-2H3. The van der Waals surface area contributed by atoms with E-state index < -0.39 is 11.6 Å². The summed E-state index contributed by atoms with van der Waals surface area (Å²) in [5.74, 6) is -0.401. The molecule has 1 N–H and O–H groups in total. The second kappa shape index (κ2) is 5.93. The molecule has 0 spiro atoms. The van der Waals surface area contributed by atoms with Crippen molar-refractivity contribution in [3.05, 3.63) is 41.6 Å². The Morgan fingerprint density at radius 2 is 2.11 bits per heavy atom. The van der Waals surface area contributed by atoms with Gasteiger partial charge in [-0.3, -0.25) is 0 Å². The molecule has 3 nitrogen and oxygen atoms in total. The van der Waals surface area contributed by atoms with E-state index in [0.29, 0.717) is 18.2 Å². The first-order valence-corrected chi connectivity index (χ1v) is 6.17. The molecule has 1 aromatic carbocycles. The number of hydrogen-bond donors (Lipinski definition) is 1. The average molecular weight is 266 g/mol. The van der Waals surface area contributed by atoms with Crippen LogP contribution in [0.5, 0.6) is 0 Å². The Morgan fingerprint density at radius 3 is 2.79 bits per heavy atom. The Kier molecular flexibility index (Phi) is 4.27. The van der Waals surface area contributed by atoms with Crippen molar-refractivity contribution in [2.45, 2.75) is 20.4 Å². The van der Waals surface area contributed by atoms with Crippen molar-refractivity contribution < 1.29 is 13.3 Å². The summed E-state index contributed by atoms with van der Waals surface area (Å²) in [5.41, 5.74) is 0.978. The van der Waals surface area contributed by atoms with Crippen LogP contribution in [0.25, 0.3) is 11.3 Å². The van der Waals surface area contributed by atoms with Crippen molar-refractivity contribution in [1.82, 2.24) is 10.5 Å². The maximum Gasteiger partial charge on any atom is 0.174 e. The minimum Gasteiger partial charge on any atom is -0.356 e. The molecular weight excluding hydrogens is 250 g/mol. The molecule has 102 valence electrons. The molecule has 0 bridgehead atoms. The summed E-state index contributed by atoms with van der Waals surface area (Å²) in [5, 5.41) is 6.92. The Labute approximate surface area is 110 Å². The highest BCUT2D eigenvalue weighted by Crippen LogP contribution is 2.26. The fraction of sp³-hybridized carbons (Fsp3) is 0.357. The molecule has 1 heterocycles. The second-order valence-electron chi connectivity index (χ2n) is 4.83. The fourth-order valence-corrected chi connectivity index (χ4v) is 1.78. The molecule has 0 radical (unpaired) electrons. The van der Waals surface area contributed by atoms with Gasteiger partial charge in [-0.2, -0.15) is 0 Å². The van der Waals surface area contributed by atoms with Gasteiger partial charge in [0.2, 0.25) is 0 Å². The Hall–Kier alpha value is -1.75. The number of nitrogens with zero attached hydrogens (tertiary/aromatic N) is 1. The van der Waals surface area contributed by atoms with Gasteiger partial charge in [-0.1, -0.05) is 19.0 Å². The van der Waals surface area contributed by atoms with Gasteiger partial charge in [0.1, 0.15) is 11.6 Å². The lowest BCUT2D eigenvalue weighted by molar-refractivity contribution is 0.428. The van der Waals surface area contributed by atoms with Crippen LogP contribution in [-0.4, -0.2) is 11.7 Å². The molecule has 0 atom stereocenters. The molecule has 5 heteroatoms. The lowest BCUT2D eigenvalue weighted by Crippen LogP contribution is -2.19. The minimum atomic E-state index is -0.651. The van der Waals surface area contributed by atoms with Crippen LogP contribution in [0, 0.1) is 17.6 Å². The monoisotopic (exact) mass is 266 g/mol. The third kappa shape index (κ3) is 3.38. The van der Waals surface area contributed by atoms with Gasteiger partial charge in [0, 0.05) is 18.2 Å². The van der Waals surface area contributed by atoms with Gasteiger partial charge in [-0.25, -0.2) is 8.78 Å². The van der Waals surface area contributed by atoms with E-state index in [9.17, 15) is 8.78 Å². The average Bonchev–Trinajstić information content (AvgIpc) is 2.77. The Morgan fingerprint density at radius 1 is 1.32 bits per heavy atom. The lowest BCUT2D eigenvalue weighted by atomic mass is 10.1. The number of hydrogen-bond acceptors (Lipinski definition) is 3. The molecule has 2 rings (SSSR count). The number of benzene rings is 1. The summed E-state index contributed by atoms with van der Waals surface area (Å²) in [6.07, 6.45) is 1.55. The quantitative estimate of drug-likeness (QED) is 0.901. The SMILES string of the molecule is CC(C)CNCc1cnoc1-c1ccc(F)cc1F. The molecule has 0 aliphatic carbocycles. The second-order valence-corrected chi connectivity index (χ2v) is 4.83. The molecule has 0 unspecified atom stereocenters. The molecule has 19 heavy (non-hydrogen) atoms. The lowest BCUT2D eigenvalue weighted by Gasteiger charge is -2.07. The van der Waals surface area contributed by atoms with Gasteiger partial charge < -0.3 is 9.84 Å². The molecule has 0 aliphatic heterocycles. The van der Waals surface area contributed by atoms with Gasteiger partial charge in [-0.15, -0.1) is 0 Å². The topological polar surface area (TPSA) is 38.1 Å². The highest BCUT2D eigenvalue weighted by molar-refractivity contribution is 5.61. The molecule has 1 aromatic heterocycles. The largest absolute Gasteiger partial charge is 0.356 e. The summed E-state index contributed by atoms with van der Waals surface area (Å²) in [4.78, 5) is 0. The van der Waals surface area contributed by atoms with E-state index >= 15 is 0 Å². The third-order valence-electron chi connectivity index (χ3n) is 2.69. The van der Waals surface area contributed by atoms with Crippen LogP contribution in [0.4, 0.5) is 8.78 Å². The third-order valence-corrected chi connectivity index (χ3v) is 2.69. The van der Waals surface area contributed by atoms with Crippen molar-refractivity contribution in [1.29, 1.82) is 0 Å². The normalized spacial score (nSPS) is 11.2. The van der Waals surface area contributed by atoms with E-state index in [-0.39, 0.29) is 5.56 Å². The van der Waals surface area contributed by atoms with Crippen LogP contribution in [0.15, 0.2) is 28.9 Å². The van der Waals surface area contributed by atoms with Crippen molar-refractivity contribution >= 4 is 0 Å². The summed E-state index contributed by atoms with van der Waals surface area (Å²) in [6, 6.07) is 3.40. The van der Waals surface area contributed by atoms with Crippen LogP contribution in [0.1, 0.15) is 19.4 Å². The zero-order chi connectivity index (χ0) is 13.8. The summed E-state index contributed by atoms with van der Waals surface area (Å²) < 4.78 is 31.7. The maximum absolute atomic E-state index is 13.7. The van der Waals surface area contributed by atoms with Gasteiger partial charge >= 0.3 is 0 Å². The highest BCUT2D eigenvalue weighted by Gasteiger charge is 2.15. The van der Waals surface area contributed by atoms with Crippen LogP contribution < -0.4 is 5.32 Å². The number of aromatic nitrogens is 1. The molecule has 0 aliphatic rings. The van der Waals surface area contributed by atoms with Crippen LogP contribution in [-0.2, 0) is 6.54 Å². The fourth-order valence-electron chi connectivity index (χ4n) is 1.78. The van der Waals surface area contributed by atoms with Crippen molar-refractivity contribution in [3.63, 3.8) is 0 Å². The molecule has 2 aromatic rings. The van der Waals surface area contributed by atoms with Gasteiger partial charge in [0.25, 0.3) is 0 Å². The Balaban J connectivity index is 2.19. The van der Waals surface area contributed by atoms with Gasteiger partial charge in [-0.05, 0) is 24.6 Å². The molecule has 0 saturated heterocycles. The van der Waals surface area contributed by atoms with Gasteiger partial charge in [0.05, 0.1) is 11.8 Å². The van der Waals surface area contributed by atoms with E-state index in [1.165, 1.54) is 12.1 Å². The van der Waals surface area contributed by atoms with Gasteiger partial charge in [0.15, 0.2) is 5.76 Å². The Bertz CT molecular complexity index is 552. The molecule has 0 saturated carbocycles. The maximum atomic E-state index is 13.7. The smallest absolute Gasteiger partial charge is 0.174 e. The summed E-state index contributed by atoms with van der Waals surface area (Å²) in [6.45, 7) is 5.58. The number of rotatable bonds is 5. The minimum absolute atomic E-state index is 0.222. The predicted octanol–water partition coefficient (Wildman–Crippen LogP) is 3.37.